The van der Waals surface area contributed by atoms with Crippen LogP contribution in [-0.2, 0) is 14.3 Å². The molecule has 5 heteroatoms. The number of rotatable bonds is 6. The van der Waals surface area contributed by atoms with E-state index in [4.69, 9.17) is 16.3 Å². The minimum absolute atomic E-state index is 0.131. The number of benzene rings is 1. The number of hydrogen-bond donors (Lipinski definition) is 1. The van der Waals surface area contributed by atoms with Crippen LogP contribution in [0.2, 0.25) is 5.02 Å². The zero-order chi connectivity index (χ0) is 14.4. The van der Waals surface area contributed by atoms with Gasteiger partial charge >= 0.3 is 5.97 Å². The van der Waals surface area contributed by atoms with E-state index in [0.717, 1.165) is 0 Å². The van der Waals surface area contributed by atoms with Gasteiger partial charge in [-0.3, -0.25) is 9.59 Å². The highest BCUT2D eigenvalue weighted by Gasteiger charge is 2.17. The minimum atomic E-state index is -0.960. The lowest BCUT2D eigenvalue weighted by Crippen LogP contribution is -2.17. The number of esters is 1. The number of aliphatic hydroxyl groups is 1. The van der Waals surface area contributed by atoms with Gasteiger partial charge in [-0.1, -0.05) is 23.7 Å². The van der Waals surface area contributed by atoms with Crippen LogP contribution in [0.15, 0.2) is 24.3 Å². The van der Waals surface area contributed by atoms with Crippen molar-refractivity contribution < 1.29 is 19.4 Å². The SMILES string of the molecule is CC(C)OC(=O)CC(=O)CC(O)c1cccc(Cl)c1. The van der Waals surface area contributed by atoms with Gasteiger partial charge in [0.25, 0.3) is 0 Å². The lowest BCUT2D eigenvalue weighted by molar-refractivity contribution is -0.149. The smallest absolute Gasteiger partial charge is 0.313 e. The molecule has 1 aromatic carbocycles. The zero-order valence-electron chi connectivity index (χ0n) is 10.9. The van der Waals surface area contributed by atoms with Crippen LogP contribution in [0.5, 0.6) is 0 Å². The molecule has 0 aliphatic rings. The van der Waals surface area contributed by atoms with Gasteiger partial charge in [0, 0.05) is 11.4 Å². The van der Waals surface area contributed by atoms with Gasteiger partial charge in [0.15, 0.2) is 0 Å². The summed E-state index contributed by atoms with van der Waals surface area (Å²) in [5, 5.41) is 10.4. The van der Waals surface area contributed by atoms with Crippen molar-refractivity contribution in [1.29, 1.82) is 0 Å². The Labute approximate surface area is 117 Å². The van der Waals surface area contributed by atoms with Crippen molar-refractivity contribution in [1.82, 2.24) is 0 Å². The molecule has 0 saturated carbocycles. The fourth-order valence-electron chi connectivity index (χ4n) is 1.59. The highest BCUT2D eigenvalue weighted by molar-refractivity contribution is 6.30. The first kappa shape index (κ1) is 15.7. The van der Waals surface area contributed by atoms with Crippen molar-refractivity contribution in [3.8, 4) is 0 Å². The van der Waals surface area contributed by atoms with E-state index in [-0.39, 0.29) is 24.7 Å². The Morgan fingerprint density at radius 2 is 2.05 bits per heavy atom. The topological polar surface area (TPSA) is 63.6 Å². The van der Waals surface area contributed by atoms with Crippen LogP contribution in [0.25, 0.3) is 0 Å². The van der Waals surface area contributed by atoms with Crippen molar-refractivity contribution in [2.45, 2.75) is 38.9 Å². The first-order chi connectivity index (χ1) is 8.88. The van der Waals surface area contributed by atoms with Crippen molar-refractivity contribution >= 4 is 23.4 Å². The average molecular weight is 285 g/mol. The molecule has 0 aliphatic heterocycles. The summed E-state index contributed by atoms with van der Waals surface area (Å²) in [5.74, 6) is -0.934. The van der Waals surface area contributed by atoms with Crippen LogP contribution in [0.3, 0.4) is 0 Å². The molecule has 0 heterocycles. The molecular weight excluding hydrogens is 268 g/mol. The standard InChI is InChI=1S/C14H17ClO4/c1-9(2)19-14(18)8-12(16)7-13(17)10-4-3-5-11(15)6-10/h3-6,9,13,17H,7-8H2,1-2H3. The Morgan fingerprint density at radius 1 is 1.37 bits per heavy atom. The van der Waals surface area contributed by atoms with Gasteiger partial charge in [0.2, 0.25) is 0 Å². The summed E-state index contributed by atoms with van der Waals surface area (Å²) in [4.78, 5) is 22.9. The Balaban J connectivity index is 2.50. The highest BCUT2D eigenvalue weighted by Crippen LogP contribution is 2.21. The quantitative estimate of drug-likeness (QED) is 0.644. The van der Waals surface area contributed by atoms with Gasteiger partial charge < -0.3 is 9.84 Å². The van der Waals surface area contributed by atoms with Crippen LogP contribution >= 0.6 is 11.6 Å². The summed E-state index contributed by atoms with van der Waals surface area (Å²) >= 11 is 5.80. The zero-order valence-corrected chi connectivity index (χ0v) is 11.7. The normalized spacial score (nSPS) is 12.3. The maximum atomic E-state index is 11.6. The Morgan fingerprint density at radius 3 is 2.63 bits per heavy atom. The van der Waals surface area contributed by atoms with Crippen molar-refractivity contribution in [3.05, 3.63) is 34.9 Å². The van der Waals surface area contributed by atoms with Crippen LogP contribution in [0.1, 0.15) is 38.4 Å². The van der Waals surface area contributed by atoms with E-state index < -0.39 is 12.1 Å². The summed E-state index contributed by atoms with van der Waals surface area (Å²) in [7, 11) is 0. The average Bonchev–Trinajstić information content (AvgIpc) is 2.27. The van der Waals surface area contributed by atoms with Gasteiger partial charge in [-0.25, -0.2) is 0 Å². The van der Waals surface area contributed by atoms with Crippen molar-refractivity contribution in [2.24, 2.45) is 0 Å². The molecule has 1 rings (SSSR count). The number of Topliss-reactive ketones (excluding diaryl/α,β-unsaturated/α-hetero) is 1. The summed E-state index contributed by atoms with van der Waals surface area (Å²) in [6, 6.07) is 6.64. The third kappa shape index (κ3) is 5.85. The molecule has 0 fully saturated rings. The van der Waals surface area contributed by atoms with E-state index in [9.17, 15) is 14.7 Å². The Hall–Kier alpha value is -1.39. The molecular formula is C14H17ClO4. The summed E-state index contributed by atoms with van der Waals surface area (Å²) < 4.78 is 4.86. The van der Waals surface area contributed by atoms with E-state index in [1.807, 2.05) is 0 Å². The molecule has 1 aromatic rings. The maximum Gasteiger partial charge on any atom is 0.313 e. The molecule has 0 saturated heterocycles. The van der Waals surface area contributed by atoms with Gasteiger partial charge in [0.05, 0.1) is 12.2 Å². The second-order valence-corrected chi connectivity index (χ2v) is 4.97. The van der Waals surface area contributed by atoms with Gasteiger partial charge in [-0.15, -0.1) is 0 Å². The lowest BCUT2D eigenvalue weighted by atomic mass is 10.0. The fraction of sp³-hybridized carbons (Fsp3) is 0.429. The van der Waals surface area contributed by atoms with E-state index in [0.29, 0.717) is 10.6 Å². The summed E-state index contributed by atoms with van der Waals surface area (Å²) in [6.45, 7) is 3.42. The molecule has 0 amide bonds. The number of aliphatic hydroxyl groups excluding tert-OH is 1. The van der Waals surface area contributed by atoms with Crippen LogP contribution in [0, 0.1) is 0 Å². The molecule has 19 heavy (non-hydrogen) atoms. The summed E-state index contributed by atoms with van der Waals surface area (Å²) in [5.41, 5.74) is 0.554. The summed E-state index contributed by atoms with van der Waals surface area (Å²) in [6.07, 6.45) is -1.67. The van der Waals surface area contributed by atoms with E-state index in [1.54, 1.807) is 38.1 Å². The monoisotopic (exact) mass is 284 g/mol. The van der Waals surface area contributed by atoms with Gasteiger partial charge in [0.1, 0.15) is 12.2 Å². The molecule has 1 unspecified atom stereocenters. The van der Waals surface area contributed by atoms with Crippen LogP contribution in [-0.4, -0.2) is 23.0 Å². The number of carbonyl (C=O) groups is 2. The second-order valence-electron chi connectivity index (χ2n) is 4.53. The number of carbonyl (C=O) groups excluding carboxylic acids is 2. The van der Waals surface area contributed by atoms with Crippen LogP contribution in [0.4, 0.5) is 0 Å². The second kappa shape index (κ2) is 7.26. The lowest BCUT2D eigenvalue weighted by Gasteiger charge is -2.11. The molecule has 0 aliphatic carbocycles. The van der Waals surface area contributed by atoms with Crippen molar-refractivity contribution in [2.75, 3.05) is 0 Å². The third-order valence-electron chi connectivity index (χ3n) is 2.36. The Kier molecular flexibility index (Phi) is 5.99. The van der Waals surface area contributed by atoms with Gasteiger partial charge in [-0.05, 0) is 31.5 Å². The molecule has 0 aromatic heterocycles. The highest BCUT2D eigenvalue weighted by atomic mass is 35.5. The molecule has 1 N–H and O–H groups in total. The fourth-order valence-corrected chi connectivity index (χ4v) is 1.78. The van der Waals surface area contributed by atoms with E-state index in [2.05, 4.69) is 0 Å². The largest absolute Gasteiger partial charge is 0.463 e. The molecule has 1 atom stereocenters. The van der Waals surface area contributed by atoms with Crippen molar-refractivity contribution in [3.63, 3.8) is 0 Å². The third-order valence-corrected chi connectivity index (χ3v) is 2.60. The molecule has 4 nitrogen and oxygen atoms in total. The molecule has 0 spiro atoms. The Bertz CT molecular complexity index is 457. The minimum Gasteiger partial charge on any atom is -0.463 e. The predicted molar refractivity (Wildman–Crippen MR) is 71.9 cm³/mol. The number of ether oxygens (including phenoxy) is 1. The molecule has 104 valence electrons. The number of halogens is 1. The molecule has 0 radical (unpaired) electrons. The van der Waals surface area contributed by atoms with E-state index >= 15 is 0 Å². The van der Waals surface area contributed by atoms with E-state index in [1.165, 1.54) is 0 Å². The first-order valence-electron chi connectivity index (χ1n) is 6.03. The number of hydrogen-bond acceptors (Lipinski definition) is 4. The number of ketones is 1. The molecule has 0 bridgehead atoms. The first-order valence-corrected chi connectivity index (χ1v) is 6.41. The van der Waals surface area contributed by atoms with Gasteiger partial charge in [-0.2, -0.15) is 0 Å². The predicted octanol–water partition coefficient (Wildman–Crippen LogP) is 2.67. The maximum absolute atomic E-state index is 11.6. The van der Waals surface area contributed by atoms with Crippen LogP contribution < -0.4 is 0 Å².